The van der Waals surface area contributed by atoms with Crippen molar-refractivity contribution in [3.05, 3.63) is 53.5 Å². The summed E-state index contributed by atoms with van der Waals surface area (Å²) in [6, 6.07) is 11.2. The van der Waals surface area contributed by atoms with E-state index in [0.717, 1.165) is 17.0 Å². The van der Waals surface area contributed by atoms with Gasteiger partial charge in [0.25, 0.3) is 0 Å². The number of nitrogens with one attached hydrogen (secondary N) is 2. The lowest BCUT2D eigenvalue weighted by atomic mass is 9.96. The van der Waals surface area contributed by atoms with Gasteiger partial charge in [0.15, 0.2) is 0 Å². The van der Waals surface area contributed by atoms with Crippen LogP contribution in [0.1, 0.15) is 37.4 Å². The molecule has 2 atom stereocenters. The molecule has 1 aromatic heterocycles. The molecule has 1 heterocycles. The summed E-state index contributed by atoms with van der Waals surface area (Å²) in [6.45, 7) is 7.71. The van der Waals surface area contributed by atoms with Gasteiger partial charge in [0.05, 0.1) is 0 Å². The molecule has 2 rings (SSSR count). The summed E-state index contributed by atoms with van der Waals surface area (Å²) in [4.78, 5) is 12.0. The minimum Gasteiger partial charge on any atom is -0.466 e. The summed E-state index contributed by atoms with van der Waals surface area (Å²) in [7, 11) is 0. The third kappa shape index (κ3) is 4.94. The van der Waals surface area contributed by atoms with E-state index in [1.165, 1.54) is 0 Å². The van der Waals surface area contributed by atoms with E-state index < -0.39 is 5.60 Å². The SMILES string of the molecule is Cc1cc(C(C)(O)CNC(C)CC(=O)Nc2ccccc2)c(C)o1. The number of carbonyl (C=O) groups excluding carboxylic acids is 1. The van der Waals surface area contributed by atoms with Crippen LogP contribution < -0.4 is 10.6 Å². The van der Waals surface area contributed by atoms with Crippen LogP contribution in [0.5, 0.6) is 0 Å². The topological polar surface area (TPSA) is 74.5 Å². The lowest BCUT2D eigenvalue weighted by molar-refractivity contribution is -0.116. The van der Waals surface area contributed by atoms with Crippen molar-refractivity contribution in [2.45, 2.75) is 45.8 Å². The lowest BCUT2D eigenvalue weighted by Crippen LogP contribution is -2.41. The van der Waals surface area contributed by atoms with E-state index in [0.29, 0.717) is 18.7 Å². The van der Waals surface area contributed by atoms with Gasteiger partial charge in [0.2, 0.25) is 5.91 Å². The number of para-hydroxylation sites is 1. The highest BCUT2D eigenvalue weighted by molar-refractivity contribution is 5.90. The molecule has 0 spiro atoms. The fraction of sp³-hybridized carbons (Fsp3) is 0.421. The highest BCUT2D eigenvalue weighted by atomic mass is 16.3. The summed E-state index contributed by atoms with van der Waals surface area (Å²) in [5, 5.41) is 16.8. The molecule has 2 aromatic rings. The van der Waals surface area contributed by atoms with Crippen LogP contribution in [0.4, 0.5) is 5.69 Å². The normalized spacial score (nSPS) is 14.9. The second-order valence-electron chi connectivity index (χ2n) is 6.50. The first-order valence-electron chi connectivity index (χ1n) is 8.16. The van der Waals surface area contributed by atoms with Crippen molar-refractivity contribution in [1.82, 2.24) is 5.32 Å². The van der Waals surface area contributed by atoms with Gasteiger partial charge < -0.3 is 20.2 Å². The van der Waals surface area contributed by atoms with Gasteiger partial charge in [0.1, 0.15) is 17.1 Å². The Hall–Kier alpha value is -2.11. The van der Waals surface area contributed by atoms with Crippen molar-refractivity contribution >= 4 is 11.6 Å². The number of benzene rings is 1. The van der Waals surface area contributed by atoms with Crippen LogP contribution in [0.3, 0.4) is 0 Å². The fourth-order valence-corrected chi connectivity index (χ4v) is 2.72. The summed E-state index contributed by atoms with van der Waals surface area (Å²) in [6.07, 6.45) is 0.328. The number of aryl methyl sites for hydroxylation is 2. The standard InChI is InChI=1S/C19H26N2O3/c1-13(10-18(22)21-16-8-6-5-7-9-16)20-12-19(4,23)17-11-14(2)24-15(17)3/h5-9,11,13,20,23H,10,12H2,1-4H3,(H,21,22). The lowest BCUT2D eigenvalue weighted by Gasteiger charge is -2.25. The molecule has 1 amide bonds. The molecule has 24 heavy (non-hydrogen) atoms. The monoisotopic (exact) mass is 330 g/mol. The van der Waals surface area contributed by atoms with Gasteiger partial charge in [-0.2, -0.15) is 0 Å². The maximum absolute atomic E-state index is 12.0. The highest BCUT2D eigenvalue weighted by Crippen LogP contribution is 2.26. The maximum Gasteiger partial charge on any atom is 0.225 e. The Bertz CT molecular complexity index is 677. The minimum absolute atomic E-state index is 0.0591. The molecule has 0 bridgehead atoms. The predicted octanol–water partition coefficient (Wildman–Crippen LogP) is 3.11. The summed E-state index contributed by atoms with van der Waals surface area (Å²) in [5.41, 5.74) is 0.506. The zero-order valence-electron chi connectivity index (χ0n) is 14.7. The molecule has 1 aromatic carbocycles. The largest absolute Gasteiger partial charge is 0.466 e. The third-order valence-electron chi connectivity index (χ3n) is 3.97. The first-order chi connectivity index (χ1) is 11.3. The summed E-state index contributed by atoms with van der Waals surface area (Å²) >= 11 is 0. The van der Waals surface area contributed by atoms with Crippen molar-refractivity contribution in [2.24, 2.45) is 0 Å². The molecule has 3 N–H and O–H groups in total. The number of aliphatic hydroxyl groups is 1. The summed E-state index contributed by atoms with van der Waals surface area (Å²) in [5.74, 6) is 1.43. The molecular formula is C19H26N2O3. The van der Waals surface area contributed by atoms with Crippen molar-refractivity contribution in [3.63, 3.8) is 0 Å². The number of hydrogen-bond acceptors (Lipinski definition) is 4. The van der Waals surface area contributed by atoms with Crippen molar-refractivity contribution < 1.29 is 14.3 Å². The van der Waals surface area contributed by atoms with Crippen LogP contribution in [0.25, 0.3) is 0 Å². The zero-order chi connectivity index (χ0) is 17.7. The van der Waals surface area contributed by atoms with Crippen LogP contribution in [-0.4, -0.2) is 23.6 Å². The van der Waals surface area contributed by atoms with E-state index in [2.05, 4.69) is 10.6 Å². The predicted molar refractivity (Wildman–Crippen MR) is 94.9 cm³/mol. The molecule has 0 aliphatic carbocycles. The van der Waals surface area contributed by atoms with Gasteiger partial charge in [-0.1, -0.05) is 18.2 Å². The van der Waals surface area contributed by atoms with E-state index in [-0.39, 0.29) is 11.9 Å². The van der Waals surface area contributed by atoms with Crippen LogP contribution in [-0.2, 0) is 10.4 Å². The zero-order valence-corrected chi connectivity index (χ0v) is 14.7. The average Bonchev–Trinajstić information content (AvgIpc) is 2.86. The first kappa shape index (κ1) is 18.2. The van der Waals surface area contributed by atoms with Crippen LogP contribution in [0.15, 0.2) is 40.8 Å². The Morgan fingerprint density at radius 2 is 1.96 bits per heavy atom. The van der Waals surface area contributed by atoms with E-state index in [1.807, 2.05) is 57.2 Å². The van der Waals surface area contributed by atoms with Gasteiger partial charge in [-0.3, -0.25) is 4.79 Å². The molecule has 0 aliphatic rings. The number of carbonyl (C=O) groups is 1. The molecule has 0 fully saturated rings. The number of hydrogen-bond donors (Lipinski definition) is 3. The van der Waals surface area contributed by atoms with E-state index in [1.54, 1.807) is 6.92 Å². The van der Waals surface area contributed by atoms with Crippen molar-refractivity contribution in [1.29, 1.82) is 0 Å². The Morgan fingerprint density at radius 1 is 1.29 bits per heavy atom. The van der Waals surface area contributed by atoms with Crippen LogP contribution in [0, 0.1) is 13.8 Å². The Morgan fingerprint density at radius 3 is 2.54 bits per heavy atom. The molecule has 0 saturated heterocycles. The summed E-state index contributed by atoms with van der Waals surface area (Å²) < 4.78 is 5.49. The second-order valence-corrected chi connectivity index (χ2v) is 6.50. The van der Waals surface area contributed by atoms with Crippen LogP contribution in [0.2, 0.25) is 0 Å². The molecular weight excluding hydrogens is 304 g/mol. The van der Waals surface area contributed by atoms with Gasteiger partial charge in [-0.05, 0) is 45.9 Å². The Kier molecular flexibility index (Phi) is 5.80. The van der Waals surface area contributed by atoms with Gasteiger partial charge in [-0.15, -0.1) is 0 Å². The Balaban J connectivity index is 1.85. The minimum atomic E-state index is -1.05. The molecule has 5 heteroatoms. The smallest absolute Gasteiger partial charge is 0.225 e. The van der Waals surface area contributed by atoms with E-state index in [4.69, 9.17) is 4.42 Å². The van der Waals surface area contributed by atoms with E-state index >= 15 is 0 Å². The van der Waals surface area contributed by atoms with Crippen LogP contribution >= 0.6 is 0 Å². The number of amides is 1. The van der Waals surface area contributed by atoms with E-state index in [9.17, 15) is 9.90 Å². The highest BCUT2D eigenvalue weighted by Gasteiger charge is 2.28. The third-order valence-corrected chi connectivity index (χ3v) is 3.97. The molecule has 2 unspecified atom stereocenters. The quantitative estimate of drug-likeness (QED) is 0.729. The fourth-order valence-electron chi connectivity index (χ4n) is 2.72. The average molecular weight is 330 g/mol. The van der Waals surface area contributed by atoms with Gasteiger partial charge >= 0.3 is 0 Å². The molecule has 0 radical (unpaired) electrons. The molecule has 0 saturated carbocycles. The van der Waals surface area contributed by atoms with Crippen molar-refractivity contribution in [2.75, 3.05) is 11.9 Å². The maximum atomic E-state index is 12.0. The van der Waals surface area contributed by atoms with Gasteiger partial charge in [-0.25, -0.2) is 0 Å². The molecule has 0 aliphatic heterocycles. The van der Waals surface area contributed by atoms with Crippen molar-refractivity contribution in [3.8, 4) is 0 Å². The van der Waals surface area contributed by atoms with Gasteiger partial charge in [0, 0.05) is 30.3 Å². The molecule has 5 nitrogen and oxygen atoms in total. The molecule has 130 valence electrons. The second kappa shape index (κ2) is 7.64. The Labute approximate surface area is 143 Å². The number of anilines is 1. The number of rotatable bonds is 7. The number of furan rings is 1. The first-order valence-corrected chi connectivity index (χ1v) is 8.16.